The van der Waals surface area contributed by atoms with E-state index in [0.717, 1.165) is 12.8 Å². The molecule has 1 amide bonds. The number of ketones is 1. The van der Waals surface area contributed by atoms with Crippen molar-refractivity contribution >= 4 is 39.3 Å². The molecule has 0 spiro atoms. The summed E-state index contributed by atoms with van der Waals surface area (Å²) >= 11 is 3.09. The van der Waals surface area contributed by atoms with Crippen molar-refractivity contribution in [1.82, 2.24) is 5.32 Å². The van der Waals surface area contributed by atoms with Crippen LogP contribution in [0, 0.1) is 23.1 Å². The molecule has 1 fully saturated rings. The number of benzene rings is 1. The van der Waals surface area contributed by atoms with E-state index < -0.39 is 17.5 Å². The first-order valence-corrected chi connectivity index (χ1v) is 10.2. The van der Waals surface area contributed by atoms with E-state index in [-0.39, 0.29) is 22.0 Å². The van der Waals surface area contributed by atoms with Crippen molar-refractivity contribution < 1.29 is 18.7 Å². The van der Waals surface area contributed by atoms with E-state index >= 15 is 0 Å². The van der Waals surface area contributed by atoms with Gasteiger partial charge < -0.3 is 15.4 Å². The quantitative estimate of drug-likeness (QED) is 0.435. The summed E-state index contributed by atoms with van der Waals surface area (Å²) in [4.78, 5) is 24.3. The Morgan fingerprint density at radius 3 is 2.46 bits per heavy atom. The molecule has 1 aliphatic carbocycles. The summed E-state index contributed by atoms with van der Waals surface area (Å²) in [7, 11) is 0. The van der Waals surface area contributed by atoms with E-state index in [4.69, 9.17) is 10.1 Å². The molecule has 1 aliphatic rings. The van der Waals surface area contributed by atoms with Gasteiger partial charge in [-0.15, -0.1) is 0 Å². The number of anilines is 1. The Morgan fingerprint density at radius 2 is 1.89 bits per heavy atom. The number of rotatable bonds is 5. The summed E-state index contributed by atoms with van der Waals surface area (Å²) in [6.45, 7) is 5.97. The maximum Gasteiger partial charge on any atom is 0.407 e. The lowest BCUT2D eigenvalue weighted by atomic mass is 9.79. The molecule has 0 radical (unpaired) electrons. The molecule has 0 unspecified atom stereocenters. The van der Waals surface area contributed by atoms with Gasteiger partial charge in [0, 0.05) is 18.2 Å². The maximum atomic E-state index is 13.3. The number of Topliss-reactive ketones (excluding diaryl/α,β-unsaturated/α-hetero) is 1. The Balaban J connectivity index is 1.77. The van der Waals surface area contributed by atoms with Crippen LogP contribution < -0.4 is 10.6 Å². The van der Waals surface area contributed by atoms with Crippen LogP contribution in [-0.4, -0.2) is 29.9 Å². The molecule has 1 aromatic rings. The molecule has 2 rings (SSSR count). The zero-order valence-electron chi connectivity index (χ0n) is 16.4. The van der Waals surface area contributed by atoms with E-state index in [1.54, 1.807) is 0 Å². The lowest BCUT2D eigenvalue weighted by Crippen LogP contribution is -2.37. The number of halogens is 2. The van der Waals surface area contributed by atoms with Crippen LogP contribution in [0.3, 0.4) is 0 Å². The number of ether oxygens (including phenoxy) is 1. The van der Waals surface area contributed by atoms with Crippen LogP contribution in [0.4, 0.5) is 14.9 Å². The fourth-order valence-corrected chi connectivity index (χ4v) is 3.53. The van der Waals surface area contributed by atoms with Crippen LogP contribution in [0.15, 0.2) is 22.7 Å². The predicted molar refractivity (Wildman–Crippen MR) is 110 cm³/mol. The van der Waals surface area contributed by atoms with E-state index in [9.17, 15) is 14.0 Å². The van der Waals surface area contributed by atoms with Gasteiger partial charge in [0.1, 0.15) is 11.4 Å². The zero-order chi connectivity index (χ0) is 20.9. The molecule has 1 aromatic carbocycles. The van der Waals surface area contributed by atoms with Crippen LogP contribution in [0.25, 0.3) is 0 Å². The molecule has 6 nitrogen and oxygen atoms in total. The third-order valence-corrected chi connectivity index (χ3v) is 5.19. The second-order valence-electron chi connectivity index (χ2n) is 8.09. The van der Waals surface area contributed by atoms with Gasteiger partial charge in [-0.3, -0.25) is 10.2 Å². The Kier molecular flexibility index (Phi) is 7.57. The van der Waals surface area contributed by atoms with Crippen molar-refractivity contribution in [2.45, 2.75) is 52.1 Å². The highest BCUT2D eigenvalue weighted by atomic mass is 79.9. The van der Waals surface area contributed by atoms with Gasteiger partial charge in [0.2, 0.25) is 5.78 Å². The number of nitrogens with one attached hydrogen (secondary N) is 3. The monoisotopic (exact) mass is 455 g/mol. The molecule has 3 N–H and O–H groups in total. The lowest BCUT2D eigenvalue weighted by molar-refractivity contribution is -0.117. The van der Waals surface area contributed by atoms with Gasteiger partial charge in [0.25, 0.3) is 0 Å². The average molecular weight is 456 g/mol. The molecule has 0 atom stereocenters. The lowest BCUT2D eigenvalue weighted by Gasteiger charge is -2.28. The summed E-state index contributed by atoms with van der Waals surface area (Å²) in [5.74, 6) is -0.733. The van der Waals surface area contributed by atoms with Gasteiger partial charge in [-0.1, -0.05) is 0 Å². The predicted octanol–water partition coefficient (Wildman–Crippen LogP) is 4.88. The second kappa shape index (κ2) is 9.49. The smallest absolute Gasteiger partial charge is 0.407 e. The SMILES string of the molecule is CC(C)(C)OC(=O)NC[C@H]1CC[C@H](C(=O)C(=N)Nc2ccc(F)c(Br)c2)CC1. The molecular weight excluding hydrogens is 429 g/mol. The normalized spacial score (nSPS) is 19.6. The molecule has 1 saturated carbocycles. The number of amides is 1. The standard InChI is InChI=1S/C20H27BrFN3O3/c1-20(2,3)28-19(27)24-11-12-4-6-13(7-5-12)17(26)18(23)25-14-8-9-16(22)15(21)10-14/h8-10,12-13H,4-7,11H2,1-3H3,(H2,23,25)(H,24,27)/t12-,13-. The van der Waals surface area contributed by atoms with Gasteiger partial charge in [0.05, 0.1) is 4.47 Å². The molecule has 0 aliphatic heterocycles. The minimum Gasteiger partial charge on any atom is -0.444 e. The van der Waals surface area contributed by atoms with E-state index in [0.29, 0.717) is 31.0 Å². The molecule has 0 aromatic heterocycles. The largest absolute Gasteiger partial charge is 0.444 e. The van der Waals surface area contributed by atoms with Crippen LogP contribution in [0.5, 0.6) is 0 Å². The van der Waals surface area contributed by atoms with Gasteiger partial charge in [-0.05, 0) is 86.5 Å². The number of carbonyl (C=O) groups is 2. The molecular formula is C20H27BrFN3O3. The number of hydrogen-bond acceptors (Lipinski definition) is 4. The molecule has 28 heavy (non-hydrogen) atoms. The number of alkyl carbamates (subject to hydrolysis) is 1. The highest BCUT2D eigenvalue weighted by Gasteiger charge is 2.29. The van der Waals surface area contributed by atoms with Crippen LogP contribution in [-0.2, 0) is 9.53 Å². The van der Waals surface area contributed by atoms with Crippen LogP contribution in [0.2, 0.25) is 0 Å². The molecule has 0 saturated heterocycles. The van der Waals surface area contributed by atoms with Crippen molar-refractivity contribution in [1.29, 1.82) is 5.41 Å². The summed E-state index contributed by atoms with van der Waals surface area (Å²) in [6, 6.07) is 4.25. The first-order chi connectivity index (χ1) is 13.0. The Hall–Kier alpha value is -1.96. The second-order valence-corrected chi connectivity index (χ2v) is 8.95. The van der Waals surface area contributed by atoms with Crippen molar-refractivity contribution in [3.8, 4) is 0 Å². The summed E-state index contributed by atoms with van der Waals surface area (Å²) in [5.41, 5.74) is -0.0383. The summed E-state index contributed by atoms with van der Waals surface area (Å²) in [6.07, 6.45) is 2.54. The Labute approximate surface area is 173 Å². The first kappa shape index (κ1) is 22.3. The minimum atomic E-state index is -0.526. The highest BCUT2D eigenvalue weighted by molar-refractivity contribution is 9.10. The molecule has 154 valence electrons. The first-order valence-electron chi connectivity index (χ1n) is 9.37. The molecule has 0 heterocycles. The van der Waals surface area contributed by atoms with Crippen molar-refractivity contribution in [2.24, 2.45) is 11.8 Å². The van der Waals surface area contributed by atoms with Gasteiger partial charge in [-0.2, -0.15) is 0 Å². The Morgan fingerprint density at radius 1 is 1.25 bits per heavy atom. The highest BCUT2D eigenvalue weighted by Crippen LogP contribution is 2.29. The number of amidine groups is 1. The van der Waals surface area contributed by atoms with Crippen LogP contribution >= 0.6 is 15.9 Å². The fourth-order valence-electron chi connectivity index (χ4n) is 3.15. The van der Waals surface area contributed by atoms with Gasteiger partial charge >= 0.3 is 6.09 Å². The molecule has 8 heteroatoms. The van der Waals surface area contributed by atoms with E-state index in [1.807, 2.05) is 20.8 Å². The van der Waals surface area contributed by atoms with Gasteiger partial charge in [-0.25, -0.2) is 9.18 Å². The number of carbonyl (C=O) groups excluding carboxylic acids is 2. The van der Waals surface area contributed by atoms with E-state index in [1.165, 1.54) is 18.2 Å². The van der Waals surface area contributed by atoms with E-state index in [2.05, 4.69) is 26.6 Å². The average Bonchev–Trinajstić information content (AvgIpc) is 2.61. The van der Waals surface area contributed by atoms with Crippen molar-refractivity contribution in [2.75, 3.05) is 11.9 Å². The number of hydrogen-bond donors (Lipinski definition) is 3. The summed E-state index contributed by atoms with van der Waals surface area (Å²) < 4.78 is 18.8. The van der Waals surface area contributed by atoms with Crippen LogP contribution in [0.1, 0.15) is 46.5 Å². The topological polar surface area (TPSA) is 91.3 Å². The Bertz CT molecular complexity index is 741. The zero-order valence-corrected chi connectivity index (χ0v) is 18.0. The van der Waals surface area contributed by atoms with Crippen molar-refractivity contribution in [3.63, 3.8) is 0 Å². The third-order valence-electron chi connectivity index (χ3n) is 4.59. The maximum absolute atomic E-state index is 13.3. The molecule has 0 bridgehead atoms. The minimum absolute atomic E-state index is 0.186. The third kappa shape index (κ3) is 6.89. The fraction of sp³-hybridized carbons (Fsp3) is 0.550. The van der Waals surface area contributed by atoms with Crippen molar-refractivity contribution in [3.05, 3.63) is 28.5 Å². The summed E-state index contributed by atoms with van der Waals surface area (Å²) in [5, 5.41) is 13.5. The van der Waals surface area contributed by atoms with Gasteiger partial charge in [0.15, 0.2) is 5.84 Å².